The maximum Gasteiger partial charge on any atom is 0.216 e. The molecule has 0 aliphatic carbocycles. The van der Waals surface area contributed by atoms with Gasteiger partial charge in [0.1, 0.15) is 12.4 Å². The van der Waals surface area contributed by atoms with E-state index in [2.05, 4.69) is 62.9 Å². The molecule has 3 rings (SSSR count). The quantitative estimate of drug-likeness (QED) is 0.442. The molecular weight excluding hydrogens is 340 g/mol. The Balaban J connectivity index is 1.56. The fourth-order valence-electron chi connectivity index (χ4n) is 2.92. The zero-order chi connectivity index (χ0) is 19.1. The highest BCUT2D eigenvalue weighted by Gasteiger charge is 2.08. The fourth-order valence-corrected chi connectivity index (χ4v) is 2.92. The van der Waals surface area contributed by atoms with Crippen LogP contribution in [0, 0.1) is 13.8 Å². The van der Waals surface area contributed by atoms with Crippen LogP contribution in [0.1, 0.15) is 29.4 Å². The molecule has 0 atom stereocenters. The molecule has 0 aliphatic rings. The van der Waals surface area contributed by atoms with Crippen molar-refractivity contribution >= 4 is 5.96 Å². The SMILES string of the molecule is CCNC(=NCc1nc(-c2ccco2)n[nH]1)NCCc1cc(C)cc(C)c1. The number of hydrogen-bond acceptors (Lipinski definition) is 4. The molecular formula is C20H26N6O. The third-order valence-corrected chi connectivity index (χ3v) is 3.99. The third kappa shape index (κ3) is 5.44. The summed E-state index contributed by atoms with van der Waals surface area (Å²) in [7, 11) is 0. The number of aryl methyl sites for hydroxylation is 2. The molecule has 0 spiro atoms. The van der Waals surface area contributed by atoms with Gasteiger partial charge in [-0.2, -0.15) is 0 Å². The van der Waals surface area contributed by atoms with Gasteiger partial charge in [-0.3, -0.25) is 5.10 Å². The molecule has 0 saturated carbocycles. The van der Waals surface area contributed by atoms with Gasteiger partial charge in [0.15, 0.2) is 11.7 Å². The minimum atomic E-state index is 0.409. The first-order valence-electron chi connectivity index (χ1n) is 9.18. The lowest BCUT2D eigenvalue weighted by Crippen LogP contribution is -2.38. The van der Waals surface area contributed by atoms with Crippen molar-refractivity contribution in [2.45, 2.75) is 33.7 Å². The Bertz CT molecular complexity index is 862. The molecule has 2 aromatic heterocycles. The molecule has 0 fully saturated rings. The van der Waals surface area contributed by atoms with Crippen LogP contribution in [-0.4, -0.2) is 34.2 Å². The van der Waals surface area contributed by atoms with E-state index in [1.54, 1.807) is 6.26 Å². The summed E-state index contributed by atoms with van der Waals surface area (Å²) < 4.78 is 5.30. The van der Waals surface area contributed by atoms with Gasteiger partial charge in [0.2, 0.25) is 5.82 Å². The fraction of sp³-hybridized carbons (Fsp3) is 0.350. The molecule has 0 bridgehead atoms. The zero-order valence-corrected chi connectivity index (χ0v) is 16.0. The van der Waals surface area contributed by atoms with E-state index in [0.29, 0.717) is 24.0 Å². The van der Waals surface area contributed by atoms with Gasteiger partial charge in [-0.05, 0) is 44.9 Å². The van der Waals surface area contributed by atoms with Gasteiger partial charge in [0.05, 0.1) is 6.26 Å². The average Bonchev–Trinajstić information content (AvgIpc) is 3.30. The van der Waals surface area contributed by atoms with Crippen molar-refractivity contribution in [3.63, 3.8) is 0 Å². The highest BCUT2D eigenvalue weighted by molar-refractivity contribution is 5.79. The maximum absolute atomic E-state index is 5.30. The van der Waals surface area contributed by atoms with Gasteiger partial charge in [0.25, 0.3) is 0 Å². The summed E-state index contributed by atoms with van der Waals surface area (Å²) in [4.78, 5) is 8.98. The average molecular weight is 366 g/mol. The second-order valence-electron chi connectivity index (χ2n) is 6.45. The van der Waals surface area contributed by atoms with Gasteiger partial charge in [0, 0.05) is 13.1 Å². The van der Waals surface area contributed by atoms with E-state index >= 15 is 0 Å². The summed E-state index contributed by atoms with van der Waals surface area (Å²) in [6.45, 7) is 8.32. The number of H-pyrrole nitrogens is 1. The molecule has 1 aromatic carbocycles. The number of guanidine groups is 1. The first-order valence-corrected chi connectivity index (χ1v) is 9.18. The highest BCUT2D eigenvalue weighted by atomic mass is 16.3. The number of rotatable bonds is 7. The molecule has 7 nitrogen and oxygen atoms in total. The topological polar surface area (TPSA) is 91.1 Å². The van der Waals surface area contributed by atoms with Crippen LogP contribution >= 0.6 is 0 Å². The van der Waals surface area contributed by atoms with Crippen LogP contribution in [0.15, 0.2) is 46.0 Å². The molecule has 0 aliphatic heterocycles. The molecule has 3 aromatic rings. The van der Waals surface area contributed by atoms with Gasteiger partial charge in [-0.15, -0.1) is 5.10 Å². The molecule has 0 radical (unpaired) electrons. The summed E-state index contributed by atoms with van der Waals surface area (Å²) in [5.41, 5.74) is 3.92. The van der Waals surface area contributed by atoms with Gasteiger partial charge >= 0.3 is 0 Å². The third-order valence-electron chi connectivity index (χ3n) is 3.99. The van der Waals surface area contributed by atoms with E-state index in [-0.39, 0.29) is 0 Å². The van der Waals surface area contributed by atoms with Crippen LogP contribution in [-0.2, 0) is 13.0 Å². The molecule has 0 saturated heterocycles. The lowest BCUT2D eigenvalue weighted by molar-refractivity contribution is 0.577. The van der Waals surface area contributed by atoms with Crippen LogP contribution < -0.4 is 10.6 Å². The largest absolute Gasteiger partial charge is 0.461 e. The molecule has 0 unspecified atom stereocenters. The second-order valence-corrected chi connectivity index (χ2v) is 6.45. The van der Waals surface area contributed by atoms with Crippen molar-refractivity contribution < 1.29 is 4.42 Å². The van der Waals surface area contributed by atoms with Crippen molar-refractivity contribution in [3.05, 3.63) is 59.1 Å². The first kappa shape index (κ1) is 18.7. The maximum atomic E-state index is 5.30. The lowest BCUT2D eigenvalue weighted by Gasteiger charge is -2.11. The summed E-state index contributed by atoms with van der Waals surface area (Å²) >= 11 is 0. The van der Waals surface area contributed by atoms with Crippen LogP contribution in [0.5, 0.6) is 0 Å². The number of benzene rings is 1. The molecule has 7 heteroatoms. The van der Waals surface area contributed by atoms with Crippen LogP contribution in [0.2, 0.25) is 0 Å². The summed E-state index contributed by atoms with van der Waals surface area (Å²) in [6.07, 6.45) is 2.55. The Morgan fingerprint density at radius 3 is 2.70 bits per heavy atom. The Labute approximate surface area is 159 Å². The normalized spacial score (nSPS) is 11.6. The highest BCUT2D eigenvalue weighted by Crippen LogP contribution is 2.14. The van der Waals surface area contributed by atoms with Crippen molar-refractivity contribution in [1.82, 2.24) is 25.8 Å². The lowest BCUT2D eigenvalue weighted by atomic mass is 10.1. The number of aromatic amines is 1. The first-order chi connectivity index (χ1) is 13.1. The Kier molecular flexibility index (Phi) is 6.25. The zero-order valence-electron chi connectivity index (χ0n) is 16.0. The van der Waals surface area contributed by atoms with E-state index in [1.807, 2.05) is 19.1 Å². The molecule has 142 valence electrons. The van der Waals surface area contributed by atoms with Crippen LogP contribution in [0.3, 0.4) is 0 Å². The molecule has 27 heavy (non-hydrogen) atoms. The molecule has 0 amide bonds. The summed E-state index contributed by atoms with van der Waals surface area (Å²) in [5.74, 6) is 2.63. The standard InChI is InChI=1S/C20H26N6O/c1-4-21-20(22-8-7-16-11-14(2)10-15(3)12-16)23-13-18-24-19(26-25-18)17-6-5-9-27-17/h5-6,9-12H,4,7-8,13H2,1-3H3,(H2,21,22,23)(H,24,25,26). The van der Waals surface area contributed by atoms with E-state index < -0.39 is 0 Å². The number of furan rings is 1. The van der Waals surface area contributed by atoms with Crippen molar-refractivity contribution in [2.24, 2.45) is 4.99 Å². The van der Waals surface area contributed by atoms with E-state index in [9.17, 15) is 0 Å². The van der Waals surface area contributed by atoms with Crippen molar-refractivity contribution in [1.29, 1.82) is 0 Å². The Morgan fingerprint density at radius 1 is 1.19 bits per heavy atom. The van der Waals surface area contributed by atoms with Crippen LogP contribution in [0.4, 0.5) is 0 Å². The van der Waals surface area contributed by atoms with Gasteiger partial charge in [-0.1, -0.05) is 29.3 Å². The van der Waals surface area contributed by atoms with Crippen molar-refractivity contribution in [3.8, 4) is 11.6 Å². The minimum absolute atomic E-state index is 0.409. The summed E-state index contributed by atoms with van der Waals surface area (Å²) in [5, 5.41) is 13.7. The predicted molar refractivity (Wildman–Crippen MR) is 107 cm³/mol. The number of aromatic nitrogens is 3. The predicted octanol–water partition coefficient (Wildman–Crippen LogP) is 2.98. The number of hydrogen-bond donors (Lipinski definition) is 3. The Morgan fingerprint density at radius 2 is 2.00 bits per heavy atom. The monoisotopic (exact) mass is 366 g/mol. The second kappa shape index (κ2) is 9.02. The molecule has 3 N–H and O–H groups in total. The number of aliphatic imine (C=N–C) groups is 1. The van der Waals surface area contributed by atoms with Gasteiger partial charge < -0.3 is 15.1 Å². The van der Waals surface area contributed by atoms with E-state index in [4.69, 9.17) is 4.42 Å². The summed E-state index contributed by atoms with van der Waals surface area (Å²) in [6, 6.07) is 10.3. The smallest absolute Gasteiger partial charge is 0.216 e. The Hall–Kier alpha value is -3.09. The van der Waals surface area contributed by atoms with E-state index in [0.717, 1.165) is 25.5 Å². The van der Waals surface area contributed by atoms with Crippen LogP contribution in [0.25, 0.3) is 11.6 Å². The number of nitrogens with one attached hydrogen (secondary N) is 3. The minimum Gasteiger partial charge on any atom is -0.461 e. The van der Waals surface area contributed by atoms with Gasteiger partial charge in [-0.25, -0.2) is 9.98 Å². The van der Waals surface area contributed by atoms with Crippen molar-refractivity contribution in [2.75, 3.05) is 13.1 Å². The number of nitrogens with zero attached hydrogens (tertiary/aromatic N) is 3. The van der Waals surface area contributed by atoms with E-state index in [1.165, 1.54) is 16.7 Å². The molecule has 2 heterocycles.